The Kier molecular flexibility index (Phi) is 18.3. The minimum absolute atomic E-state index is 0.0726. The van der Waals surface area contributed by atoms with Gasteiger partial charge in [-0.1, -0.05) is 128 Å². The molecule has 0 aliphatic rings. The Morgan fingerprint density at radius 1 is 0.595 bits per heavy atom. The van der Waals surface area contributed by atoms with Crippen LogP contribution in [-0.2, 0) is 16.1 Å². The van der Waals surface area contributed by atoms with E-state index in [0.717, 1.165) is 64.4 Å². The molecule has 0 aromatic heterocycles. The highest BCUT2D eigenvalue weighted by atomic mass is 19.4. The summed E-state index contributed by atoms with van der Waals surface area (Å²) in [6, 6.07) is 10.2. The molecule has 1 unspecified atom stereocenters. The average Bonchev–Trinajstić information content (AvgIpc) is 2.89. The molecular weight excluding hydrogens is 561 g/mol. The van der Waals surface area contributed by atoms with E-state index in [1.165, 1.54) is 24.8 Å². The zero-order chi connectivity index (χ0) is 31.5. The minimum atomic E-state index is -5.94. The molecule has 2 nitrogen and oxygen atoms in total. The van der Waals surface area contributed by atoms with E-state index < -0.39 is 30.9 Å². The predicted molar refractivity (Wildman–Crippen MR) is 155 cm³/mol. The number of hydrogen-bond acceptors (Lipinski definition) is 2. The molecule has 0 bridgehead atoms. The Bertz CT molecular complexity index is 774. The summed E-state index contributed by atoms with van der Waals surface area (Å²) < 4.78 is 101. The van der Waals surface area contributed by atoms with E-state index >= 15 is 0 Å². The quantitative estimate of drug-likeness (QED) is 0.0902. The van der Waals surface area contributed by atoms with Gasteiger partial charge in [0.2, 0.25) is 0 Å². The van der Waals surface area contributed by atoms with Crippen molar-refractivity contribution in [2.24, 2.45) is 5.41 Å². The normalized spacial score (nSPS) is 14.0. The van der Waals surface area contributed by atoms with Gasteiger partial charge in [-0.2, -0.15) is 26.3 Å². The van der Waals surface area contributed by atoms with E-state index in [-0.39, 0.29) is 17.9 Å². The van der Waals surface area contributed by atoms with Crippen LogP contribution in [0.2, 0.25) is 0 Å². The van der Waals surface area contributed by atoms with Crippen molar-refractivity contribution in [1.82, 2.24) is 0 Å². The Morgan fingerprint density at radius 2 is 1.02 bits per heavy atom. The molecule has 0 radical (unpaired) electrons. The van der Waals surface area contributed by atoms with Crippen molar-refractivity contribution in [1.29, 1.82) is 0 Å². The summed E-state index contributed by atoms with van der Waals surface area (Å²) in [6.07, 6.45) is -0.401. The third kappa shape index (κ3) is 17.1. The maximum absolute atomic E-state index is 13.6. The van der Waals surface area contributed by atoms with Crippen molar-refractivity contribution in [2.45, 2.75) is 154 Å². The lowest BCUT2D eigenvalue weighted by Crippen LogP contribution is -2.53. The smallest absolute Gasteiger partial charge is 0.379 e. The first-order valence-corrected chi connectivity index (χ1v) is 15.7. The molecule has 0 N–H and O–H groups in total. The molecule has 1 rings (SSSR count). The average molecular weight is 615 g/mol. The second kappa shape index (κ2) is 19.8. The fraction of sp³-hybridized carbons (Fsp3) is 0.818. The molecule has 0 fully saturated rings. The second-order valence-corrected chi connectivity index (χ2v) is 12.8. The summed E-state index contributed by atoms with van der Waals surface area (Å²) in [5, 5.41) is 0. The van der Waals surface area contributed by atoms with E-state index in [2.05, 4.69) is 32.9 Å². The first-order valence-electron chi connectivity index (χ1n) is 15.7. The maximum atomic E-state index is 13.6. The Morgan fingerprint density at radius 3 is 1.45 bits per heavy atom. The van der Waals surface area contributed by atoms with E-state index in [1.54, 1.807) is 0 Å². The van der Waals surface area contributed by atoms with Crippen LogP contribution >= 0.6 is 0 Å². The van der Waals surface area contributed by atoms with Crippen LogP contribution in [0.3, 0.4) is 0 Å². The zero-order valence-electron chi connectivity index (χ0n) is 25.9. The number of ether oxygens (including phenoxy) is 2. The summed E-state index contributed by atoms with van der Waals surface area (Å²) in [7, 11) is 0. The number of rotatable bonds is 23. The van der Waals surface area contributed by atoms with Gasteiger partial charge in [-0.05, 0) is 36.7 Å². The lowest BCUT2D eigenvalue weighted by atomic mass is 9.89. The van der Waals surface area contributed by atoms with Gasteiger partial charge < -0.3 is 9.47 Å². The van der Waals surface area contributed by atoms with Gasteiger partial charge in [0, 0.05) is 6.61 Å². The van der Waals surface area contributed by atoms with Gasteiger partial charge in [-0.15, -0.1) is 0 Å². The second-order valence-electron chi connectivity index (χ2n) is 12.8. The molecular formula is C33H53F7O2. The van der Waals surface area contributed by atoms with Crippen molar-refractivity contribution < 1.29 is 40.2 Å². The fourth-order valence-electron chi connectivity index (χ4n) is 4.99. The third-order valence-corrected chi connectivity index (χ3v) is 7.43. The van der Waals surface area contributed by atoms with Crippen LogP contribution in [0.15, 0.2) is 30.3 Å². The van der Waals surface area contributed by atoms with Gasteiger partial charge >= 0.3 is 12.4 Å². The van der Waals surface area contributed by atoms with Gasteiger partial charge in [0.25, 0.3) is 5.67 Å². The lowest BCUT2D eigenvalue weighted by molar-refractivity contribution is -0.343. The monoisotopic (exact) mass is 614 g/mol. The first kappa shape index (κ1) is 38.7. The summed E-state index contributed by atoms with van der Waals surface area (Å²) in [6.45, 7) is 8.59. The summed E-state index contributed by atoms with van der Waals surface area (Å²) in [5.74, 6) is 0. The molecule has 1 atom stereocenters. The van der Waals surface area contributed by atoms with Gasteiger partial charge in [0.05, 0.1) is 19.3 Å². The first-order chi connectivity index (χ1) is 19.7. The SMILES string of the molecule is CC(C)(C)CC(COCCCCCCCCCCCCCCCCC(F)(C(F)(F)F)C(F)(F)F)OCc1ccccc1. The molecule has 0 aliphatic carbocycles. The highest BCUT2D eigenvalue weighted by molar-refractivity contribution is 5.13. The van der Waals surface area contributed by atoms with Gasteiger partial charge in [0.1, 0.15) is 0 Å². The molecule has 246 valence electrons. The fourth-order valence-corrected chi connectivity index (χ4v) is 4.99. The molecule has 0 saturated carbocycles. The van der Waals surface area contributed by atoms with Gasteiger partial charge in [-0.25, -0.2) is 4.39 Å². The van der Waals surface area contributed by atoms with E-state index in [4.69, 9.17) is 9.47 Å². The van der Waals surface area contributed by atoms with Crippen LogP contribution in [0.4, 0.5) is 30.7 Å². The summed E-state index contributed by atoms with van der Waals surface area (Å²) in [5.41, 5.74) is -3.78. The van der Waals surface area contributed by atoms with Gasteiger partial charge in [0.15, 0.2) is 0 Å². The van der Waals surface area contributed by atoms with E-state index in [0.29, 0.717) is 19.6 Å². The van der Waals surface area contributed by atoms with E-state index in [1.807, 2.05) is 18.2 Å². The van der Waals surface area contributed by atoms with Crippen LogP contribution in [0.1, 0.15) is 129 Å². The number of alkyl halides is 7. The van der Waals surface area contributed by atoms with Crippen molar-refractivity contribution in [3.05, 3.63) is 35.9 Å². The molecule has 0 heterocycles. The van der Waals surface area contributed by atoms with Crippen LogP contribution in [0, 0.1) is 5.41 Å². The van der Waals surface area contributed by atoms with Gasteiger partial charge in [-0.3, -0.25) is 0 Å². The zero-order valence-corrected chi connectivity index (χ0v) is 25.9. The predicted octanol–water partition coefficient (Wildman–Crippen LogP) is 11.7. The van der Waals surface area contributed by atoms with Crippen LogP contribution < -0.4 is 0 Å². The van der Waals surface area contributed by atoms with Crippen molar-refractivity contribution in [3.8, 4) is 0 Å². The Balaban J connectivity index is 1.97. The maximum Gasteiger partial charge on any atom is 0.431 e. The minimum Gasteiger partial charge on any atom is -0.379 e. The van der Waals surface area contributed by atoms with E-state index in [9.17, 15) is 30.7 Å². The molecule has 0 saturated heterocycles. The molecule has 0 aliphatic heterocycles. The highest BCUT2D eigenvalue weighted by Gasteiger charge is 2.71. The standard InChI is InChI=1S/C33H53F7O2/c1-30(2,3)25-29(42-26-28-21-17-16-18-22-28)27-41-24-20-15-13-11-9-7-5-4-6-8-10-12-14-19-23-31(34,32(35,36)37)33(38,39)40/h16-18,21-22,29H,4-15,19-20,23-27H2,1-3H3. The molecule has 1 aromatic rings. The van der Waals surface area contributed by atoms with Crippen LogP contribution in [-0.4, -0.2) is 37.3 Å². The number of benzene rings is 1. The largest absolute Gasteiger partial charge is 0.431 e. The topological polar surface area (TPSA) is 18.5 Å². The number of halogens is 7. The summed E-state index contributed by atoms with van der Waals surface area (Å²) in [4.78, 5) is 0. The number of hydrogen-bond donors (Lipinski definition) is 0. The van der Waals surface area contributed by atoms with Crippen LogP contribution in [0.25, 0.3) is 0 Å². The molecule has 42 heavy (non-hydrogen) atoms. The lowest BCUT2D eigenvalue weighted by Gasteiger charge is -2.29. The van der Waals surface area contributed by atoms with Crippen molar-refractivity contribution in [2.75, 3.05) is 13.2 Å². The highest BCUT2D eigenvalue weighted by Crippen LogP contribution is 2.49. The Labute approximate surface area is 249 Å². The summed E-state index contributed by atoms with van der Waals surface area (Å²) >= 11 is 0. The molecule has 0 spiro atoms. The molecule has 1 aromatic carbocycles. The van der Waals surface area contributed by atoms with Crippen LogP contribution in [0.5, 0.6) is 0 Å². The van der Waals surface area contributed by atoms with Crippen molar-refractivity contribution in [3.63, 3.8) is 0 Å². The molecule has 9 heteroatoms. The van der Waals surface area contributed by atoms with Crippen molar-refractivity contribution >= 4 is 0 Å². The Hall–Kier alpha value is -1.35. The molecule has 0 amide bonds. The third-order valence-electron chi connectivity index (χ3n) is 7.43. The number of unbranched alkanes of at least 4 members (excludes halogenated alkanes) is 13.